The van der Waals surface area contributed by atoms with Gasteiger partial charge >= 0.3 is 18.3 Å². The van der Waals surface area contributed by atoms with E-state index >= 15 is 0 Å². The number of hydrogen-bond donors (Lipinski definition) is 0. The summed E-state index contributed by atoms with van der Waals surface area (Å²) in [6, 6.07) is 12.1. The quantitative estimate of drug-likeness (QED) is 0.0972. The van der Waals surface area contributed by atoms with Crippen molar-refractivity contribution in [1.29, 1.82) is 0 Å². The van der Waals surface area contributed by atoms with Gasteiger partial charge in [-0.15, -0.1) is 12.4 Å². The maximum absolute atomic E-state index is 13.6. The molecular formula is C26H20ClF6N3O4. The second kappa shape index (κ2) is 12.0. The van der Waals surface area contributed by atoms with Crippen molar-refractivity contribution in [2.75, 3.05) is 12.2 Å². The fourth-order valence-corrected chi connectivity index (χ4v) is 3.63. The van der Waals surface area contributed by atoms with Gasteiger partial charge in [-0.3, -0.25) is 9.63 Å². The molecule has 1 aromatic heterocycles. The van der Waals surface area contributed by atoms with Gasteiger partial charge in [0.05, 0.1) is 29.4 Å². The molecule has 0 atom stereocenters. The molecule has 0 unspecified atom stereocenters. The number of carbonyl (C=O) groups excluding carboxylic acids is 1. The Morgan fingerprint density at radius 1 is 0.875 bits per heavy atom. The Balaban J connectivity index is 0.00000441. The summed E-state index contributed by atoms with van der Waals surface area (Å²) in [5.41, 5.74) is -2.92. The molecular weight excluding hydrogens is 568 g/mol. The van der Waals surface area contributed by atoms with Crippen molar-refractivity contribution in [2.45, 2.75) is 25.9 Å². The second-order valence-corrected chi connectivity index (χ2v) is 8.13. The number of ether oxygens (including phenoxy) is 2. The van der Waals surface area contributed by atoms with Crippen molar-refractivity contribution in [1.82, 2.24) is 9.97 Å². The molecule has 7 nitrogen and oxygen atoms in total. The minimum atomic E-state index is -5.09. The third-order valence-electron chi connectivity index (χ3n) is 5.36. The maximum atomic E-state index is 13.6. The van der Waals surface area contributed by atoms with Crippen LogP contribution in [0.25, 0.3) is 10.9 Å². The molecule has 0 saturated heterocycles. The lowest BCUT2D eigenvalue weighted by atomic mass is 10.1. The van der Waals surface area contributed by atoms with Crippen molar-refractivity contribution >= 4 is 40.8 Å². The molecule has 0 aliphatic rings. The van der Waals surface area contributed by atoms with E-state index in [2.05, 4.69) is 9.97 Å². The highest BCUT2D eigenvalue weighted by Crippen LogP contribution is 2.42. The zero-order valence-electron chi connectivity index (χ0n) is 20.7. The fourth-order valence-electron chi connectivity index (χ4n) is 3.63. The van der Waals surface area contributed by atoms with E-state index in [0.717, 1.165) is 18.3 Å². The molecule has 0 N–H and O–H groups in total. The van der Waals surface area contributed by atoms with Crippen molar-refractivity contribution in [3.8, 4) is 11.5 Å². The van der Waals surface area contributed by atoms with Gasteiger partial charge in [0.15, 0.2) is 17.3 Å². The third kappa shape index (κ3) is 6.90. The number of aromatic nitrogens is 2. The van der Waals surface area contributed by atoms with Crippen LogP contribution in [0.15, 0.2) is 67.0 Å². The van der Waals surface area contributed by atoms with Crippen LogP contribution in [0.2, 0.25) is 0 Å². The van der Waals surface area contributed by atoms with Crippen molar-refractivity contribution in [3.63, 3.8) is 0 Å². The average molecular weight is 588 g/mol. The van der Waals surface area contributed by atoms with E-state index in [0.29, 0.717) is 17.7 Å². The lowest BCUT2D eigenvalue weighted by Gasteiger charge is -2.26. The normalized spacial score (nSPS) is 11.6. The molecule has 4 aromatic rings. The monoisotopic (exact) mass is 587 g/mol. The molecule has 0 aliphatic carbocycles. The lowest BCUT2D eigenvalue weighted by molar-refractivity contribution is -0.143. The molecule has 3 aromatic carbocycles. The predicted molar refractivity (Wildman–Crippen MR) is 134 cm³/mol. The number of methoxy groups -OCH3 is 1. The van der Waals surface area contributed by atoms with Gasteiger partial charge in [-0.1, -0.05) is 30.3 Å². The zero-order chi connectivity index (χ0) is 28.4. The van der Waals surface area contributed by atoms with E-state index in [9.17, 15) is 31.1 Å². The van der Waals surface area contributed by atoms with Crippen molar-refractivity contribution in [2.24, 2.45) is 0 Å². The van der Waals surface area contributed by atoms with Crippen LogP contribution in [-0.2, 0) is 28.6 Å². The Morgan fingerprint density at radius 2 is 1.50 bits per heavy atom. The molecule has 0 spiro atoms. The number of benzene rings is 3. The molecule has 14 heteroatoms. The zero-order valence-corrected chi connectivity index (χ0v) is 21.5. The lowest BCUT2D eigenvalue weighted by Crippen LogP contribution is -2.21. The number of nitrogens with zero attached hydrogens (tertiary/aromatic N) is 3. The highest BCUT2D eigenvalue weighted by molar-refractivity contribution is 5.93. The summed E-state index contributed by atoms with van der Waals surface area (Å²) in [5.74, 6) is -0.871. The summed E-state index contributed by atoms with van der Waals surface area (Å²) in [5, 5.41) is 0.847. The number of halogens is 7. The summed E-state index contributed by atoms with van der Waals surface area (Å²) < 4.78 is 92.3. The SMILES string of the molecule is COc1cc2ncnc(N(OCc3ccccc3)c3cc(C(F)(F)F)cc(C(F)(F)F)c3)c2cc1OC(C)=O.Cl. The molecule has 0 fully saturated rings. The first-order valence-corrected chi connectivity index (χ1v) is 11.1. The summed E-state index contributed by atoms with van der Waals surface area (Å²) in [4.78, 5) is 25.6. The number of fused-ring (bicyclic) bond motifs is 1. The molecule has 40 heavy (non-hydrogen) atoms. The minimum Gasteiger partial charge on any atom is -0.493 e. The fraction of sp³-hybridized carbons (Fsp3) is 0.192. The first-order valence-electron chi connectivity index (χ1n) is 11.1. The van der Waals surface area contributed by atoms with Crippen LogP contribution in [0.5, 0.6) is 11.5 Å². The van der Waals surface area contributed by atoms with Crippen LogP contribution in [0.3, 0.4) is 0 Å². The van der Waals surface area contributed by atoms with Gasteiger partial charge in [0, 0.05) is 18.4 Å². The van der Waals surface area contributed by atoms with Gasteiger partial charge in [-0.25, -0.2) is 15.0 Å². The Morgan fingerprint density at radius 3 is 2.05 bits per heavy atom. The van der Waals surface area contributed by atoms with Crippen molar-refractivity contribution < 1.29 is 45.4 Å². The number of alkyl halides is 6. The van der Waals surface area contributed by atoms with Gasteiger partial charge in [0.2, 0.25) is 0 Å². The van der Waals surface area contributed by atoms with Crippen LogP contribution in [-0.4, -0.2) is 23.0 Å². The predicted octanol–water partition coefficient (Wildman–Crippen LogP) is 7.29. The van der Waals surface area contributed by atoms with Crippen LogP contribution in [0.4, 0.5) is 37.8 Å². The maximum Gasteiger partial charge on any atom is 0.416 e. The number of anilines is 2. The summed E-state index contributed by atoms with van der Waals surface area (Å²) in [6.45, 7) is 0.902. The first kappa shape index (κ1) is 30.4. The standard InChI is InChI=1S/C26H19F6N3O4.ClH/c1-15(36)39-23-11-20-21(12-22(23)37-2)33-14-34-24(20)35(38-13-16-6-4-3-5-7-16)19-9-17(25(27,28)29)8-18(10-19)26(30,31)32;/h3-12,14H,13H2,1-2H3;1H. The van der Waals surface area contributed by atoms with Crippen molar-refractivity contribution in [3.05, 3.63) is 83.7 Å². The smallest absolute Gasteiger partial charge is 0.416 e. The van der Waals surface area contributed by atoms with Crippen LogP contribution >= 0.6 is 12.4 Å². The molecule has 0 amide bonds. The van der Waals surface area contributed by atoms with Crippen LogP contribution in [0.1, 0.15) is 23.6 Å². The molecule has 1 heterocycles. The molecule has 4 rings (SSSR count). The number of rotatable bonds is 7. The Bertz CT molecular complexity index is 1470. The molecule has 0 bridgehead atoms. The molecule has 0 saturated carbocycles. The van der Waals surface area contributed by atoms with Gasteiger partial charge in [-0.05, 0) is 29.8 Å². The molecule has 212 valence electrons. The number of esters is 1. The van der Waals surface area contributed by atoms with E-state index in [1.54, 1.807) is 30.3 Å². The highest BCUT2D eigenvalue weighted by Gasteiger charge is 2.38. The van der Waals surface area contributed by atoms with E-state index in [-0.39, 0.29) is 53.3 Å². The Kier molecular flexibility index (Phi) is 9.10. The second-order valence-electron chi connectivity index (χ2n) is 8.13. The van der Waals surface area contributed by atoms with Gasteiger partial charge in [-0.2, -0.15) is 26.3 Å². The topological polar surface area (TPSA) is 73.8 Å². The Hall–Kier alpha value is -4.10. The first-order chi connectivity index (χ1) is 18.4. The Labute approximate surface area is 229 Å². The molecule has 0 radical (unpaired) electrons. The minimum absolute atomic E-state index is 0. The third-order valence-corrected chi connectivity index (χ3v) is 5.36. The van der Waals surface area contributed by atoms with Gasteiger partial charge < -0.3 is 9.47 Å². The van der Waals surface area contributed by atoms with Crippen LogP contribution in [0, 0.1) is 0 Å². The van der Waals surface area contributed by atoms with Gasteiger partial charge in [0.25, 0.3) is 0 Å². The largest absolute Gasteiger partial charge is 0.493 e. The number of carbonyl (C=O) groups is 1. The average Bonchev–Trinajstić information content (AvgIpc) is 2.87. The van der Waals surface area contributed by atoms with Crippen LogP contribution < -0.4 is 14.5 Å². The highest BCUT2D eigenvalue weighted by atomic mass is 35.5. The van der Waals surface area contributed by atoms with E-state index in [4.69, 9.17) is 14.3 Å². The summed E-state index contributed by atoms with van der Waals surface area (Å²) in [6.07, 6.45) is -9.13. The van der Waals surface area contributed by atoms with E-state index < -0.39 is 35.1 Å². The van der Waals surface area contributed by atoms with E-state index in [1.165, 1.54) is 19.2 Å². The van der Waals surface area contributed by atoms with E-state index in [1.807, 2.05) is 0 Å². The summed E-state index contributed by atoms with van der Waals surface area (Å²) in [7, 11) is 1.31. The summed E-state index contributed by atoms with van der Waals surface area (Å²) >= 11 is 0. The van der Waals surface area contributed by atoms with Gasteiger partial charge in [0.1, 0.15) is 12.9 Å². The number of hydrogen-bond acceptors (Lipinski definition) is 7. The molecule has 0 aliphatic heterocycles.